The molecule has 0 radical (unpaired) electrons. The van der Waals surface area contributed by atoms with Gasteiger partial charge in [0.25, 0.3) is 0 Å². The van der Waals surface area contributed by atoms with Gasteiger partial charge in [-0.1, -0.05) is 67.8 Å². The minimum Gasteiger partial charge on any atom is -0.441 e. The topological polar surface area (TPSA) is 97.4 Å². The van der Waals surface area contributed by atoms with Gasteiger partial charge in [-0.15, -0.1) is 0 Å². The molecule has 0 aliphatic carbocycles. The molecule has 0 spiro atoms. The van der Waals surface area contributed by atoms with Gasteiger partial charge in [-0.25, -0.2) is 14.4 Å². The van der Waals surface area contributed by atoms with E-state index >= 15 is 0 Å². The van der Waals surface area contributed by atoms with Gasteiger partial charge in [0, 0.05) is 16.7 Å². The van der Waals surface area contributed by atoms with Crippen molar-refractivity contribution in [2.75, 3.05) is 13.2 Å². The molecule has 0 aromatic heterocycles. The molecule has 0 fully saturated rings. The van der Waals surface area contributed by atoms with Crippen LogP contribution in [0, 0.1) is 0 Å². The molecule has 3 aromatic carbocycles. The van der Waals surface area contributed by atoms with Crippen molar-refractivity contribution in [3.05, 3.63) is 120 Å². The van der Waals surface area contributed by atoms with E-state index in [1.807, 2.05) is 12.1 Å². The zero-order valence-electron chi connectivity index (χ0n) is 19.2. The molecular weight excluding hydrogens is 464 g/mol. The number of benzene rings is 3. The van der Waals surface area contributed by atoms with Gasteiger partial charge in [-0.3, -0.25) is 0 Å². The van der Waals surface area contributed by atoms with Crippen LogP contribution in [0.3, 0.4) is 0 Å². The molecule has 0 bridgehead atoms. The Morgan fingerprint density at radius 1 is 0.750 bits per heavy atom. The first-order chi connectivity index (χ1) is 17.5. The highest BCUT2D eigenvalue weighted by atomic mass is 16.7. The summed E-state index contributed by atoms with van der Waals surface area (Å²) in [6.45, 7) is 7.01. The standard InChI is InChI=1S/C28H22O8/c1-3-17-32-26(30)34-21-13-9-19(10-14-21)28(24-8-6-5-7-23(24)25(29)36-28)20-11-15-22(16-12-20)35-27(31)33-18-4-2/h3-16H,1-2,17-18H2. The van der Waals surface area contributed by atoms with Crippen LogP contribution in [0.5, 0.6) is 11.5 Å². The minimum atomic E-state index is -1.28. The molecule has 0 amide bonds. The number of hydrogen-bond donors (Lipinski definition) is 0. The fourth-order valence-electron chi connectivity index (χ4n) is 3.83. The number of ether oxygens (including phenoxy) is 5. The Labute approximate surface area is 207 Å². The molecule has 0 saturated heterocycles. The van der Waals surface area contributed by atoms with Gasteiger partial charge in [0.05, 0.1) is 5.56 Å². The van der Waals surface area contributed by atoms with Crippen LogP contribution in [0.15, 0.2) is 98.1 Å². The molecule has 0 N–H and O–H groups in total. The number of hydrogen-bond acceptors (Lipinski definition) is 8. The zero-order chi connectivity index (χ0) is 25.5. The second kappa shape index (κ2) is 10.6. The Hall–Kier alpha value is -4.85. The van der Waals surface area contributed by atoms with Crippen molar-refractivity contribution in [3.63, 3.8) is 0 Å². The molecule has 182 valence electrons. The maximum Gasteiger partial charge on any atom is 0.514 e. The monoisotopic (exact) mass is 486 g/mol. The fourth-order valence-corrected chi connectivity index (χ4v) is 3.83. The number of carbonyl (C=O) groups excluding carboxylic acids is 3. The van der Waals surface area contributed by atoms with Crippen molar-refractivity contribution in [1.29, 1.82) is 0 Å². The van der Waals surface area contributed by atoms with Gasteiger partial charge < -0.3 is 23.7 Å². The molecule has 4 rings (SSSR count). The lowest BCUT2D eigenvalue weighted by atomic mass is 9.80. The van der Waals surface area contributed by atoms with Crippen LogP contribution in [0.1, 0.15) is 27.0 Å². The van der Waals surface area contributed by atoms with Crippen LogP contribution in [-0.4, -0.2) is 31.5 Å². The number of esters is 1. The van der Waals surface area contributed by atoms with E-state index in [4.69, 9.17) is 23.7 Å². The van der Waals surface area contributed by atoms with Crippen molar-refractivity contribution in [2.24, 2.45) is 0 Å². The van der Waals surface area contributed by atoms with Crippen LogP contribution in [0.25, 0.3) is 0 Å². The second-order valence-electron chi connectivity index (χ2n) is 7.57. The van der Waals surface area contributed by atoms with Gasteiger partial charge in [0.2, 0.25) is 0 Å². The van der Waals surface area contributed by atoms with E-state index in [1.54, 1.807) is 60.7 Å². The summed E-state index contributed by atoms with van der Waals surface area (Å²) >= 11 is 0. The zero-order valence-corrected chi connectivity index (χ0v) is 19.2. The van der Waals surface area contributed by atoms with Gasteiger partial charge >= 0.3 is 18.3 Å². The average molecular weight is 486 g/mol. The third-order valence-electron chi connectivity index (χ3n) is 5.33. The summed E-state index contributed by atoms with van der Waals surface area (Å²) in [6.07, 6.45) is 1.13. The molecule has 1 aliphatic rings. The number of rotatable bonds is 8. The maximum absolute atomic E-state index is 12.8. The summed E-state index contributed by atoms with van der Waals surface area (Å²) in [7, 11) is 0. The first kappa shape index (κ1) is 24.3. The summed E-state index contributed by atoms with van der Waals surface area (Å²) in [5.41, 5.74) is 1.03. The van der Waals surface area contributed by atoms with E-state index in [9.17, 15) is 14.4 Å². The first-order valence-electron chi connectivity index (χ1n) is 10.9. The summed E-state index contributed by atoms with van der Waals surface area (Å²) in [6, 6.07) is 20.2. The molecule has 1 heterocycles. The number of fused-ring (bicyclic) bond motifs is 1. The van der Waals surface area contributed by atoms with Crippen LogP contribution in [0.4, 0.5) is 9.59 Å². The molecule has 36 heavy (non-hydrogen) atoms. The Bertz CT molecular complexity index is 1220. The largest absolute Gasteiger partial charge is 0.514 e. The smallest absolute Gasteiger partial charge is 0.441 e. The van der Waals surface area contributed by atoms with Gasteiger partial charge in [-0.2, -0.15) is 0 Å². The van der Waals surface area contributed by atoms with E-state index in [1.165, 1.54) is 12.2 Å². The normalized spacial score (nSPS) is 13.1. The third-order valence-corrected chi connectivity index (χ3v) is 5.33. The third kappa shape index (κ3) is 4.83. The lowest BCUT2D eigenvalue weighted by Crippen LogP contribution is -2.29. The van der Waals surface area contributed by atoms with Gasteiger partial charge in [-0.05, 0) is 30.3 Å². The molecule has 8 heteroatoms. The SMILES string of the molecule is C=CCOC(=O)Oc1ccc(C2(c3ccc(OC(=O)OCC=C)cc3)OC(=O)c3ccccc32)cc1. The fraction of sp³-hybridized carbons (Fsp3) is 0.107. The molecule has 0 atom stereocenters. The summed E-state index contributed by atoms with van der Waals surface area (Å²) in [5.74, 6) is 0.0250. The Morgan fingerprint density at radius 2 is 1.22 bits per heavy atom. The summed E-state index contributed by atoms with van der Waals surface area (Å²) < 4.78 is 26.0. The van der Waals surface area contributed by atoms with Gasteiger partial charge in [0.15, 0.2) is 5.60 Å². The predicted molar refractivity (Wildman–Crippen MR) is 129 cm³/mol. The Kier molecular flexibility index (Phi) is 7.15. The van der Waals surface area contributed by atoms with E-state index in [-0.39, 0.29) is 24.7 Å². The summed E-state index contributed by atoms with van der Waals surface area (Å²) in [4.78, 5) is 36.4. The number of cyclic esters (lactones) is 1. The van der Waals surface area contributed by atoms with Crippen molar-refractivity contribution >= 4 is 18.3 Å². The molecule has 0 unspecified atom stereocenters. The predicted octanol–water partition coefficient (Wildman–Crippen LogP) is 5.55. The van der Waals surface area contributed by atoms with Gasteiger partial charge in [0.1, 0.15) is 24.7 Å². The maximum atomic E-state index is 12.8. The van der Waals surface area contributed by atoms with E-state index in [0.29, 0.717) is 22.3 Å². The van der Waals surface area contributed by atoms with E-state index in [0.717, 1.165) is 0 Å². The first-order valence-corrected chi connectivity index (χ1v) is 10.9. The van der Waals surface area contributed by atoms with Crippen LogP contribution >= 0.6 is 0 Å². The van der Waals surface area contributed by atoms with Crippen molar-refractivity contribution in [2.45, 2.75) is 5.60 Å². The Balaban J connectivity index is 1.69. The number of carbonyl (C=O) groups is 3. The van der Waals surface area contributed by atoms with Crippen LogP contribution < -0.4 is 9.47 Å². The van der Waals surface area contributed by atoms with E-state index < -0.39 is 23.9 Å². The van der Waals surface area contributed by atoms with E-state index in [2.05, 4.69) is 13.2 Å². The lowest BCUT2D eigenvalue weighted by Gasteiger charge is -2.30. The molecule has 0 saturated carbocycles. The molecule has 1 aliphatic heterocycles. The highest BCUT2D eigenvalue weighted by Gasteiger charge is 2.48. The molecule has 3 aromatic rings. The summed E-state index contributed by atoms with van der Waals surface area (Å²) in [5, 5.41) is 0. The minimum absolute atomic E-state index is 0.0262. The van der Waals surface area contributed by atoms with Crippen LogP contribution in [0.2, 0.25) is 0 Å². The quantitative estimate of drug-likeness (QED) is 0.177. The van der Waals surface area contributed by atoms with Crippen molar-refractivity contribution in [3.8, 4) is 11.5 Å². The lowest BCUT2D eigenvalue weighted by molar-refractivity contribution is 0.0251. The highest BCUT2D eigenvalue weighted by molar-refractivity contribution is 5.96. The molecular formula is C28H22O8. The van der Waals surface area contributed by atoms with Crippen molar-refractivity contribution in [1.82, 2.24) is 0 Å². The van der Waals surface area contributed by atoms with Crippen LogP contribution in [-0.2, 0) is 19.8 Å². The highest BCUT2D eigenvalue weighted by Crippen LogP contribution is 2.47. The Morgan fingerprint density at radius 3 is 1.69 bits per heavy atom. The molecule has 8 nitrogen and oxygen atoms in total. The second-order valence-corrected chi connectivity index (χ2v) is 7.57. The van der Waals surface area contributed by atoms with Crippen molar-refractivity contribution < 1.29 is 38.1 Å². The average Bonchev–Trinajstić information content (AvgIpc) is 3.20.